The van der Waals surface area contributed by atoms with E-state index < -0.39 is 11.7 Å². The Balaban J connectivity index is 1.24. The Kier molecular flexibility index (Phi) is 13.1. The summed E-state index contributed by atoms with van der Waals surface area (Å²) in [6, 6.07) is 74.7. The van der Waals surface area contributed by atoms with Crippen LogP contribution in [0, 0.1) is 90.6 Å². The first-order chi connectivity index (χ1) is 42.9. The van der Waals surface area contributed by atoms with Crippen molar-refractivity contribution in [2.24, 2.45) is 0 Å². The summed E-state index contributed by atoms with van der Waals surface area (Å²) in [5, 5.41) is 83.8. The van der Waals surface area contributed by atoms with Gasteiger partial charge in [-0.05, 0) is 142 Å². The molecule has 0 saturated heterocycles. The van der Waals surface area contributed by atoms with Gasteiger partial charge in [0.25, 0.3) is 0 Å². The van der Waals surface area contributed by atoms with Crippen molar-refractivity contribution in [3.63, 3.8) is 0 Å². The van der Waals surface area contributed by atoms with Crippen molar-refractivity contribution in [2.45, 2.75) is 6.18 Å². The van der Waals surface area contributed by atoms with Crippen molar-refractivity contribution in [1.29, 1.82) is 42.1 Å². The smallest absolute Gasteiger partial charge is 0.308 e. The molecule has 0 atom stereocenters. The lowest BCUT2D eigenvalue weighted by molar-refractivity contribution is -0.137. The minimum atomic E-state index is -5.02. The van der Waals surface area contributed by atoms with Crippen molar-refractivity contribution < 1.29 is 13.2 Å². The van der Waals surface area contributed by atoms with Crippen LogP contribution in [0.1, 0.15) is 50.1 Å². The third-order valence-corrected chi connectivity index (χ3v) is 15.8. The normalized spacial score (nSPS) is 11.0. The van der Waals surface area contributed by atoms with Crippen LogP contribution in [-0.2, 0) is 6.18 Å². The molecule has 13 aromatic rings. The van der Waals surface area contributed by atoms with E-state index >= 15 is 13.2 Å². The van der Waals surface area contributed by atoms with Gasteiger partial charge in [0.15, 0.2) is 0 Å². The Morgan fingerprint density at radius 3 is 0.943 bits per heavy atom. The lowest BCUT2D eigenvalue weighted by atomic mass is 9.96. The van der Waals surface area contributed by atoms with Crippen LogP contribution in [-0.4, -0.2) is 14.1 Å². The number of fused-ring (bicyclic) bond motifs is 6. The van der Waals surface area contributed by atoms with Crippen LogP contribution in [0.4, 0.5) is 13.2 Å². The predicted molar refractivity (Wildman–Crippen MR) is 328 cm³/mol. The van der Waals surface area contributed by atoms with Crippen LogP contribution < -0.4 is 0 Å². The number of hydrogen-bond donors (Lipinski definition) is 0. The summed E-state index contributed by atoms with van der Waals surface area (Å²) >= 11 is 0. The molecular formula is C74H34F3N11. The number of halogens is 3. The van der Waals surface area contributed by atoms with Crippen LogP contribution in [0.25, 0.3) is 122 Å². The molecule has 88 heavy (non-hydrogen) atoms. The van der Waals surface area contributed by atoms with E-state index in [9.17, 15) is 42.1 Å². The number of nitriles is 8. The molecule has 0 fully saturated rings. The van der Waals surface area contributed by atoms with Gasteiger partial charge in [0.1, 0.15) is 0 Å². The standard InChI is InChI=1S/C74H34F3N11/c75-74(76,77)56-33-71(87-67-29-48(57-17-9-43(35-78)25-52(57)39-82)13-21-61(67)62-22-14-49(30-68(62)87)58-18-10-44(36-79)26-53(58)40-83)73(66-8-4-7-65(86-66)47-5-2-1-3-6-47)72(34-56)88-69-31-50(59-19-11-45(37-80)27-54(59)41-84)15-23-63(69)64-24-16-51(32-70(64)88)60-20-12-46(38-81)28-55(60)42-85/h1-34H. The molecule has 10 aromatic carbocycles. The monoisotopic (exact) mass is 1130 g/mol. The molecule has 11 nitrogen and oxygen atoms in total. The van der Waals surface area contributed by atoms with Gasteiger partial charge in [0, 0.05) is 32.7 Å². The minimum Gasteiger partial charge on any atom is -0.308 e. The van der Waals surface area contributed by atoms with E-state index in [0.717, 1.165) is 17.7 Å². The van der Waals surface area contributed by atoms with Crippen molar-refractivity contribution in [2.75, 3.05) is 0 Å². The van der Waals surface area contributed by atoms with E-state index in [1.165, 1.54) is 24.3 Å². The number of pyridine rings is 1. The van der Waals surface area contributed by atoms with Crippen LogP contribution in [0.15, 0.2) is 206 Å². The number of rotatable bonds is 8. The van der Waals surface area contributed by atoms with Gasteiger partial charge in [-0.15, -0.1) is 0 Å². The third-order valence-electron chi connectivity index (χ3n) is 15.8. The molecule has 14 heteroatoms. The zero-order chi connectivity index (χ0) is 61.0. The molecule has 3 heterocycles. The molecule has 0 N–H and O–H groups in total. The summed E-state index contributed by atoms with van der Waals surface area (Å²) in [6.07, 6.45) is -5.02. The number of alkyl halides is 3. The van der Waals surface area contributed by atoms with Crippen LogP contribution in [0.3, 0.4) is 0 Å². The maximum absolute atomic E-state index is 16.6. The summed E-state index contributed by atoms with van der Waals surface area (Å²) < 4.78 is 53.2. The zero-order valence-electron chi connectivity index (χ0n) is 45.7. The highest BCUT2D eigenvalue weighted by Gasteiger charge is 2.35. The summed E-state index contributed by atoms with van der Waals surface area (Å²) in [5.41, 5.74) is 7.92. The molecule has 0 aliphatic heterocycles. The molecule has 0 unspecified atom stereocenters. The van der Waals surface area contributed by atoms with Gasteiger partial charge in [-0.2, -0.15) is 55.3 Å². The molecule has 0 bridgehead atoms. The van der Waals surface area contributed by atoms with E-state index in [-0.39, 0.29) is 67.1 Å². The first-order valence-corrected chi connectivity index (χ1v) is 27.1. The maximum Gasteiger partial charge on any atom is 0.416 e. The van der Waals surface area contributed by atoms with E-state index in [1.807, 2.05) is 84.9 Å². The van der Waals surface area contributed by atoms with Gasteiger partial charge in [0.2, 0.25) is 0 Å². The van der Waals surface area contributed by atoms with E-state index in [1.54, 1.807) is 94.1 Å². The average molecular weight is 1130 g/mol. The molecule has 13 rings (SSSR count). The summed E-state index contributed by atoms with van der Waals surface area (Å²) in [6.45, 7) is 0. The maximum atomic E-state index is 16.6. The van der Waals surface area contributed by atoms with Crippen LogP contribution in [0.5, 0.6) is 0 Å². The Hall–Kier alpha value is -13.3. The molecule has 406 valence electrons. The van der Waals surface area contributed by atoms with Gasteiger partial charge in [-0.25, -0.2) is 4.98 Å². The number of aromatic nitrogens is 3. The molecule has 3 aromatic heterocycles. The number of benzene rings is 10. The predicted octanol–water partition coefficient (Wildman–Crippen LogP) is 17.3. The molecule has 0 aliphatic carbocycles. The van der Waals surface area contributed by atoms with E-state index in [2.05, 4.69) is 48.6 Å². The largest absolute Gasteiger partial charge is 0.416 e. The molecule has 0 aliphatic rings. The second-order valence-electron chi connectivity index (χ2n) is 20.7. The molecule has 0 spiro atoms. The van der Waals surface area contributed by atoms with Crippen molar-refractivity contribution in [3.05, 3.63) is 256 Å². The number of nitrogens with zero attached hydrogens (tertiary/aromatic N) is 11. The van der Waals surface area contributed by atoms with Crippen LogP contribution in [0.2, 0.25) is 0 Å². The van der Waals surface area contributed by atoms with Gasteiger partial charge >= 0.3 is 6.18 Å². The highest BCUT2D eigenvalue weighted by Crippen LogP contribution is 2.48. The second-order valence-corrected chi connectivity index (χ2v) is 20.7. The van der Waals surface area contributed by atoms with E-state index in [4.69, 9.17) is 4.98 Å². The quantitative estimate of drug-likeness (QED) is 0.141. The Labute approximate surface area is 500 Å². The average Bonchev–Trinajstić information content (AvgIpc) is 1.78. The van der Waals surface area contributed by atoms with Gasteiger partial charge in [-0.3, -0.25) is 0 Å². The van der Waals surface area contributed by atoms with Crippen molar-refractivity contribution >= 4 is 43.6 Å². The fourth-order valence-corrected chi connectivity index (χ4v) is 11.8. The van der Waals surface area contributed by atoms with Gasteiger partial charge in [-0.1, -0.05) is 109 Å². The SMILES string of the molecule is N#Cc1ccc(-c2ccc3c4ccc(-c5ccc(C#N)cc5C#N)cc4n(-c4cc(C(F)(F)F)cc(-n5c6cc(-c7ccc(C#N)cc7C#N)ccc6c6ccc(-c7ccc(C#N)cc7C#N)cc65)c4-c4cccc(-c5ccccc5)n4)c3c2)c(C#N)c1. The fraction of sp³-hybridized carbons (Fsp3) is 0.0135. The second kappa shape index (κ2) is 21.4. The summed E-state index contributed by atoms with van der Waals surface area (Å²) in [5.74, 6) is 0. The highest BCUT2D eigenvalue weighted by molar-refractivity contribution is 6.14. The molecule has 0 radical (unpaired) electrons. The Morgan fingerprint density at radius 2 is 0.636 bits per heavy atom. The van der Waals surface area contributed by atoms with Gasteiger partial charge < -0.3 is 9.13 Å². The lowest BCUT2D eigenvalue weighted by Crippen LogP contribution is -2.11. The molecule has 0 saturated carbocycles. The first kappa shape index (κ1) is 53.9. The zero-order valence-corrected chi connectivity index (χ0v) is 45.7. The first-order valence-electron chi connectivity index (χ1n) is 27.1. The lowest BCUT2D eigenvalue weighted by Gasteiger charge is -2.23. The van der Waals surface area contributed by atoms with Gasteiger partial charge in [0.05, 0.1) is 143 Å². The minimum absolute atomic E-state index is 0.0116. The van der Waals surface area contributed by atoms with Crippen molar-refractivity contribution in [1.82, 2.24) is 14.1 Å². The summed E-state index contributed by atoms with van der Waals surface area (Å²) in [4.78, 5) is 5.33. The topological polar surface area (TPSA) is 213 Å². The highest BCUT2D eigenvalue weighted by atomic mass is 19.4. The van der Waals surface area contributed by atoms with Crippen molar-refractivity contribution in [3.8, 4) is 127 Å². The van der Waals surface area contributed by atoms with Crippen LogP contribution >= 0.6 is 0 Å². The number of hydrogen-bond acceptors (Lipinski definition) is 9. The Bertz CT molecular complexity index is 5000. The summed E-state index contributed by atoms with van der Waals surface area (Å²) in [7, 11) is 0. The molecular weight excluding hydrogens is 1100 g/mol. The van der Waals surface area contributed by atoms with E-state index in [0.29, 0.717) is 93.8 Å². The third kappa shape index (κ3) is 9.08. The Morgan fingerprint density at radius 1 is 0.307 bits per heavy atom. The fourth-order valence-electron chi connectivity index (χ4n) is 11.8. The molecule has 0 amide bonds.